The predicted molar refractivity (Wildman–Crippen MR) is 226 cm³/mol. The first-order chi connectivity index (χ1) is 27.6. The van der Waals surface area contributed by atoms with Crippen molar-refractivity contribution in [1.29, 1.82) is 0 Å². The van der Waals surface area contributed by atoms with E-state index in [1.807, 2.05) is 60.7 Å². The molecule has 0 amide bonds. The molecule has 58 heavy (non-hydrogen) atoms. The molecular formula is C52H65FO5. The van der Waals surface area contributed by atoms with Gasteiger partial charge in [-0.2, -0.15) is 0 Å². The van der Waals surface area contributed by atoms with Crippen molar-refractivity contribution < 1.29 is 28.2 Å². The Hall–Kier alpha value is -3.80. The number of ketones is 1. The molecule has 0 aliphatic heterocycles. The van der Waals surface area contributed by atoms with Gasteiger partial charge in [-0.1, -0.05) is 121 Å². The minimum absolute atomic E-state index is 0.0469. The van der Waals surface area contributed by atoms with Gasteiger partial charge in [0.05, 0.1) is 10.8 Å². The summed E-state index contributed by atoms with van der Waals surface area (Å²) in [4.78, 5) is 41.8. The number of rotatable bonds is 9. The van der Waals surface area contributed by atoms with Crippen LogP contribution in [0.5, 0.6) is 0 Å². The van der Waals surface area contributed by atoms with Gasteiger partial charge in [0.25, 0.3) is 0 Å². The number of halogens is 1. The van der Waals surface area contributed by atoms with Gasteiger partial charge in [-0.3, -0.25) is 14.4 Å². The maximum atomic E-state index is 14.8. The van der Waals surface area contributed by atoms with Crippen molar-refractivity contribution >= 4 is 17.7 Å². The third-order valence-corrected chi connectivity index (χ3v) is 17.2. The van der Waals surface area contributed by atoms with E-state index in [0.717, 1.165) is 54.4 Å². The van der Waals surface area contributed by atoms with Crippen LogP contribution >= 0.6 is 0 Å². The van der Waals surface area contributed by atoms with Crippen molar-refractivity contribution in [1.82, 2.24) is 0 Å². The highest BCUT2D eigenvalue weighted by Gasteiger charge is 2.69. The van der Waals surface area contributed by atoms with Crippen LogP contribution in [0.25, 0.3) is 0 Å². The van der Waals surface area contributed by atoms with Gasteiger partial charge in [0.2, 0.25) is 0 Å². The van der Waals surface area contributed by atoms with Crippen LogP contribution in [0.4, 0.5) is 4.39 Å². The number of carbonyl (C=O) groups is 3. The number of esters is 2. The third-order valence-electron chi connectivity index (χ3n) is 17.2. The lowest BCUT2D eigenvalue weighted by Crippen LogP contribution is -2.62. The normalized spacial score (nSPS) is 36.5. The molecule has 0 spiro atoms. The molecule has 6 aliphatic rings. The van der Waals surface area contributed by atoms with Crippen LogP contribution in [0.15, 0.2) is 95.1 Å². The Morgan fingerprint density at radius 1 is 0.793 bits per heavy atom. The Kier molecular flexibility index (Phi) is 10.6. The number of allylic oxidation sites excluding steroid dienone is 5. The molecule has 9 atom stereocenters. The largest absolute Gasteiger partial charge is 0.460 e. The maximum absolute atomic E-state index is 14.8. The lowest BCUT2D eigenvalue weighted by atomic mass is 9.35. The van der Waals surface area contributed by atoms with Gasteiger partial charge in [0.15, 0.2) is 5.78 Å². The van der Waals surface area contributed by atoms with Gasteiger partial charge in [0, 0.05) is 6.42 Å². The third kappa shape index (κ3) is 6.32. The zero-order valence-corrected chi connectivity index (χ0v) is 36.0. The lowest BCUT2D eigenvalue weighted by Gasteiger charge is -2.69. The molecule has 3 fully saturated rings. The SMILES string of the molecule is CC(C)C1=C2[C@H]3CC[C@H]4[C@H]5[C@@H](C)C=C(C6=CC[C@](CF)(C(=O)OCc7ccccc7)CC6)C(C)(C)[C@H]5CC[C@]4(C)[C@@]3(C)CC[C@]2(C(=O)OCc2ccccc2)CC1=O. The zero-order chi connectivity index (χ0) is 41.3. The molecule has 0 bridgehead atoms. The lowest BCUT2D eigenvalue weighted by molar-refractivity contribution is -0.182. The molecule has 3 saturated carbocycles. The average molecular weight is 789 g/mol. The molecule has 310 valence electrons. The molecule has 6 aliphatic carbocycles. The smallest absolute Gasteiger partial charge is 0.317 e. The van der Waals surface area contributed by atoms with Crippen LogP contribution in [0.2, 0.25) is 0 Å². The average Bonchev–Trinajstić information content (AvgIpc) is 3.54. The number of ether oxygens (including phenoxy) is 2. The molecule has 0 unspecified atom stereocenters. The monoisotopic (exact) mass is 788 g/mol. The second-order valence-corrected chi connectivity index (χ2v) is 20.6. The van der Waals surface area contributed by atoms with Crippen molar-refractivity contribution in [3.8, 4) is 0 Å². The first-order valence-corrected chi connectivity index (χ1v) is 22.3. The van der Waals surface area contributed by atoms with Crippen molar-refractivity contribution in [3.63, 3.8) is 0 Å². The number of fused-ring (bicyclic) bond motifs is 7. The molecule has 0 radical (unpaired) electrons. The molecule has 2 aromatic carbocycles. The van der Waals surface area contributed by atoms with E-state index in [-0.39, 0.29) is 59.5 Å². The summed E-state index contributed by atoms with van der Waals surface area (Å²) in [6.45, 7) is 16.3. The summed E-state index contributed by atoms with van der Waals surface area (Å²) in [5, 5.41) is 0. The Morgan fingerprint density at radius 2 is 1.43 bits per heavy atom. The Labute approximate surface area is 346 Å². The highest BCUT2D eigenvalue weighted by Crippen LogP contribution is 2.75. The highest BCUT2D eigenvalue weighted by atomic mass is 19.1. The summed E-state index contributed by atoms with van der Waals surface area (Å²) in [6.07, 6.45) is 12.4. The van der Waals surface area contributed by atoms with Crippen LogP contribution in [0.3, 0.4) is 0 Å². The molecule has 2 aromatic rings. The standard InChI is InChI=1S/C52H65FO5/c1-33(2)43-42(54)29-52(47(56)58-31-36-16-12-9-13-17-36)27-26-50(7)40(45(43)52)19-18-39-44-34(3)28-41(48(4,5)38(44)22-23-49(39,50)6)37-20-24-51(32-53,25-21-37)46(55)57-30-35-14-10-8-11-15-35/h8-17,20,28,33-34,38-40,44H,18-19,21-27,29-32H2,1-7H3/t34-,38-,39-,40+,44-,49-,50-,51-,52-/m0/s1. The summed E-state index contributed by atoms with van der Waals surface area (Å²) in [7, 11) is 0. The number of hydrogen-bond donors (Lipinski definition) is 0. The molecule has 8 rings (SSSR count). The molecule has 0 saturated heterocycles. The van der Waals surface area contributed by atoms with Crippen molar-refractivity contribution in [2.24, 2.45) is 62.6 Å². The van der Waals surface area contributed by atoms with Crippen molar-refractivity contribution in [3.05, 3.63) is 106 Å². The van der Waals surface area contributed by atoms with E-state index in [0.29, 0.717) is 49.4 Å². The fourth-order valence-electron chi connectivity index (χ4n) is 13.9. The summed E-state index contributed by atoms with van der Waals surface area (Å²) < 4.78 is 26.6. The number of Topliss-reactive ketones (excluding diaryl/α,β-unsaturated/α-hetero) is 1. The summed E-state index contributed by atoms with van der Waals surface area (Å²) in [5.74, 6) is 1.65. The number of hydrogen-bond acceptors (Lipinski definition) is 5. The van der Waals surface area contributed by atoms with Crippen LogP contribution < -0.4 is 0 Å². The van der Waals surface area contributed by atoms with E-state index >= 15 is 0 Å². The predicted octanol–water partition coefficient (Wildman–Crippen LogP) is 11.9. The topological polar surface area (TPSA) is 69.7 Å². The van der Waals surface area contributed by atoms with Gasteiger partial charge in [-0.15, -0.1) is 0 Å². The van der Waals surface area contributed by atoms with Gasteiger partial charge in [-0.25, -0.2) is 4.39 Å². The molecule has 0 aromatic heterocycles. The highest BCUT2D eigenvalue weighted by molar-refractivity contribution is 6.06. The van der Waals surface area contributed by atoms with E-state index in [2.05, 4.69) is 60.6 Å². The summed E-state index contributed by atoms with van der Waals surface area (Å²) >= 11 is 0. The second-order valence-electron chi connectivity index (χ2n) is 20.6. The fraction of sp³-hybridized carbons (Fsp3) is 0.596. The summed E-state index contributed by atoms with van der Waals surface area (Å²) in [5.41, 5.74) is 4.53. The number of benzene rings is 2. The van der Waals surface area contributed by atoms with E-state index in [4.69, 9.17) is 9.47 Å². The van der Waals surface area contributed by atoms with Gasteiger partial charge in [-0.05, 0) is 143 Å². The molecule has 0 N–H and O–H groups in total. The fourth-order valence-corrected chi connectivity index (χ4v) is 13.9. The van der Waals surface area contributed by atoms with Crippen LogP contribution in [0, 0.1) is 62.6 Å². The Balaban J connectivity index is 1.05. The van der Waals surface area contributed by atoms with Crippen molar-refractivity contribution in [2.45, 2.75) is 126 Å². The van der Waals surface area contributed by atoms with Crippen LogP contribution in [-0.2, 0) is 37.1 Å². The van der Waals surface area contributed by atoms with E-state index < -0.39 is 23.5 Å². The van der Waals surface area contributed by atoms with Gasteiger partial charge in [0.1, 0.15) is 19.9 Å². The Bertz CT molecular complexity index is 2030. The number of alkyl halides is 1. The molecule has 5 nitrogen and oxygen atoms in total. The van der Waals surface area contributed by atoms with Gasteiger partial charge < -0.3 is 9.47 Å². The maximum Gasteiger partial charge on any atom is 0.317 e. The molecular weight excluding hydrogens is 724 g/mol. The van der Waals surface area contributed by atoms with E-state index in [9.17, 15) is 18.8 Å². The summed E-state index contributed by atoms with van der Waals surface area (Å²) in [6, 6.07) is 19.5. The van der Waals surface area contributed by atoms with E-state index in [1.165, 1.54) is 11.1 Å². The van der Waals surface area contributed by atoms with Crippen LogP contribution in [0.1, 0.15) is 124 Å². The quantitative estimate of drug-likeness (QED) is 0.237. The minimum Gasteiger partial charge on any atom is -0.460 e. The second kappa shape index (κ2) is 15.0. The number of carbonyl (C=O) groups excluding carboxylic acids is 3. The Morgan fingerprint density at radius 3 is 2.02 bits per heavy atom. The van der Waals surface area contributed by atoms with Gasteiger partial charge >= 0.3 is 11.9 Å². The minimum atomic E-state index is -1.13. The molecule has 0 heterocycles. The van der Waals surface area contributed by atoms with Crippen LogP contribution in [-0.4, -0.2) is 24.4 Å². The first kappa shape index (κ1) is 41.0. The first-order valence-electron chi connectivity index (χ1n) is 22.3. The zero-order valence-electron chi connectivity index (χ0n) is 36.0. The van der Waals surface area contributed by atoms with E-state index in [1.54, 1.807) is 0 Å². The van der Waals surface area contributed by atoms with Crippen molar-refractivity contribution in [2.75, 3.05) is 6.67 Å². The molecule has 6 heteroatoms.